The smallest absolute Gasteiger partial charge is 0.253 e. The van der Waals surface area contributed by atoms with Crippen molar-refractivity contribution in [1.82, 2.24) is 4.90 Å². The van der Waals surface area contributed by atoms with Gasteiger partial charge in [-0.15, -0.1) is 0 Å². The minimum absolute atomic E-state index is 0.0120. The zero-order chi connectivity index (χ0) is 19.2. The lowest BCUT2D eigenvalue weighted by molar-refractivity contribution is -0.111. The first-order chi connectivity index (χ1) is 13.1. The quantitative estimate of drug-likeness (QED) is 0.720. The number of hydrogen-bond donors (Lipinski definition) is 1. The number of amides is 2. The van der Waals surface area contributed by atoms with Gasteiger partial charge in [0.25, 0.3) is 5.91 Å². The van der Waals surface area contributed by atoms with Crippen molar-refractivity contribution in [3.8, 4) is 5.75 Å². The second-order valence-electron chi connectivity index (χ2n) is 6.29. The summed E-state index contributed by atoms with van der Waals surface area (Å²) in [6.07, 6.45) is 5.23. The molecule has 140 valence electrons. The highest BCUT2D eigenvalue weighted by Gasteiger charge is 2.19. The fourth-order valence-corrected chi connectivity index (χ4v) is 3.40. The largest absolute Gasteiger partial charge is 0.496 e. The lowest BCUT2D eigenvalue weighted by atomic mass is 10.1. The first-order valence-corrected chi connectivity index (χ1v) is 9.58. The molecule has 1 aliphatic heterocycles. The number of carbonyl (C=O) groups excluding carboxylic acids is 2. The molecule has 0 saturated carbocycles. The van der Waals surface area contributed by atoms with E-state index < -0.39 is 0 Å². The molecule has 6 heteroatoms. The average Bonchev–Trinajstić information content (AvgIpc) is 3.21. The predicted octanol–water partition coefficient (Wildman–Crippen LogP) is 4.35. The third-order valence-electron chi connectivity index (χ3n) is 4.38. The van der Waals surface area contributed by atoms with E-state index in [0.29, 0.717) is 17.0 Å². The summed E-state index contributed by atoms with van der Waals surface area (Å²) in [6.45, 7) is 1.60. The zero-order valence-corrected chi connectivity index (χ0v) is 16.7. The summed E-state index contributed by atoms with van der Waals surface area (Å²) in [5.74, 6) is 0.418. The maximum Gasteiger partial charge on any atom is 0.253 e. The summed E-state index contributed by atoms with van der Waals surface area (Å²) in [6, 6.07) is 12.6. The van der Waals surface area contributed by atoms with E-state index in [2.05, 4.69) is 21.2 Å². The molecule has 0 unspecified atom stereocenters. The highest BCUT2D eigenvalue weighted by Crippen LogP contribution is 2.24. The van der Waals surface area contributed by atoms with Crippen LogP contribution in [0.1, 0.15) is 28.8 Å². The highest BCUT2D eigenvalue weighted by atomic mass is 79.9. The zero-order valence-electron chi connectivity index (χ0n) is 15.1. The van der Waals surface area contributed by atoms with Crippen molar-refractivity contribution in [2.75, 3.05) is 25.5 Å². The van der Waals surface area contributed by atoms with Crippen molar-refractivity contribution in [3.63, 3.8) is 0 Å². The Balaban J connectivity index is 1.68. The fourth-order valence-electron chi connectivity index (χ4n) is 3.02. The first-order valence-electron chi connectivity index (χ1n) is 8.79. The van der Waals surface area contributed by atoms with E-state index in [-0.39, 0.29) is 11.8 Å². The van der Waals surface area contributed by atoms with Crippen LogP contribution in [-0.4, -0.2) is 36.9 Å². The van der Waals surface area contributed by atoms with Crippen LogP contribution in [0.15, 0.2) is 53.0 Å². The van der Waals surface area contributed by atoms with E-state index in [1.54, 1.807) is 37.5 Å². The Morgan fingerprint density at radius 1 is 1.15 bits per heavy atom. The van der Waals surface area contributed by atoms with E-state index in [0.717, 1.165) is 36.0 Å². The SMILES string of the molecule is COc1ccc(Br)cc1/C=C/C(=O)Nc1cccc(C(=O)N2CCCC2)c1. The normalized spacial score (nSPS) is 13.8. The average molecular weight is 429 g/mol. The molecule has 27 heavy (non-hydrogen) atoms. The van der Waals surface area contributed by atoms with Gasteiger partial charge in [0.1, 0.15) is 5.75 Å². The van der Waals surface area contributed by atoms with Crippen LogP contribution in [0.3, 0.4) is 0 Å². The number of anilines is 1. The number of likely N-dealkylation sites (tertiary alicyclic amines) is 1. The Labute approximate surface area is 167 Å². The Morgan fingerprint density at radius 3 is 2.67 bits per heavy atom. The number of carbonyl (C=O) groups is 2. The van der Waals surface area contributed by atoms with Crippen molar-refractivity contribution in [2.24, 2.45) is 0 Å². The molecule has 0 bridgehead atoms. The number of benzene rings is 2. The number of halogens is 1. The number of ether oxygens (including phenoxy) is 1. The molecular formula is C21H21BrN2O3. The van der Waals surface area contributed by atoms with Gasteiger partial charge in [0.05, 0.1) is 7.11 Å². The molecule has 1 saturated heterocycles. The summed E-state index contributed by atoms with van der Waals surface area (Å²) >= 11 is 3.41. The second kappa shape index (κ2) is 8.86. The summed E-state index contributed by atoms with van der Waals surface area (Å²) in [5, 5.41) is 2.80. The van der Waals surface area contributed by atoms with E-state index in [1.165, 1.54) is 6.08 Å². The molecule has 0 aromatic heterocycles. The molecule has 5 nitrogen and oxygen atoms in total. The van der Waals surface area contributed by atoms with Crippen LogP contribution in [0.25, 0.3) is 6.08 Å². The van der Waals surface area contributed by atoms with Crippen LogP contribution in [-0.2, 0) is 4.79 Å². The monoisotopic (exact) mass is 428 g/mol. The van der Waals surface area contributed by atoms with E-state index in [1.807, 2.05) is 23.1 Å². The van der Waals surface area contributed by atoms with Crippen LogP contribution in [0.5, 0.6) is 5.75 Å². The molecule has 0 aliphatic carbocycles. The highest BCUT2D eigenvalue weighted by molar-refractivity contribution is 9.10. The van der Waals surface area contributed by atoms with Crippen molar-refractivity contribution in [1.29, 1.82) is 0 Å². The fraction of sp³-hybridized carbons (Fsp3) is 0.238. The van der Waals surface area contributed by atoms with Gasteiger partial charge in [-0.25, -0.2) is 0 Å². The molecule has 0 atom stereocenters. The van der Waals surface area contributed by atoms with Crippen LogP contribution in [0.2, 0.25) is 0 Å². The number of nitrogens with one attached hydrogen (secondary N) is 1. The van der Waals surface area contributed by atoms with Gasteiger partial charge in [-0.1, -0.05) is 22.0 Å². The summed E-state index contributed by atoms with van der Waals surface area (Å²) in [5.41, 5.74) is 1.98. The third kappa shape index (κ3) is 4.98. The van der Waals surface area contributed by atoms with Crippen LogP contribution >= 0.6 is 15.9 Å². The molecule has 2 amide bonds. The van der Waals surface area contributed by atoms with Gasteiger partial charge in [0, 0.05) is 40.5 Å². The van der Waals surface area contributed by atoms with Crippen LogP contribution < -0.4 is 10.1 Å². The minimum atomic E-state index is -0.275. The van der Waals surface area contributed by atoms with Crippen LogP contribution in [0.4, 0.5) is 5.69 Å². The Bertz CT molecular complexity index is 873. The maximum absolute atomic E-state index is 12.5. The molecule has 0 spiro atoms. The third-order valence-corrected chi connectivity index (χ3v) is 4.87. The second-order valence-corrected chi connectivity index (χ2v) is 7.20. The number of nitrogens with zero attached hydrogens (tertiary/aromatic N) is 1. The summed E-state index contributed by atoms with van der Waals surface area (Å²) < 4.78 is 6.20. The molecule has 3 rings (SSSR count). The van der Waals surface area contributed by atoms with E-state index >= 15 is 0 Å². The van der Waals surface area contributed by atoms with E-state index in [9.17, 15) is 9.59 Å². The molecule has 2 aromatic carbocycles. The van der Waals surface area contributed by atoms with Crippen molar-refractivity contribution >= 4 is 39.5 Å². The number of methoxy groups -OCH3 is 1. The lowest BCUT2D eigenvalue weighted by Gasteiger charge is -2.15. The minimum Gasteiger partial charge on any atom is -0.496 e. The number of rotatable bonds is 5. The summed E-state index contributed by atoms with van der Waals surface area (Å²) in [4.78, 5) is 26.6. The Hall–Kier alpha value is -2.60. The van der Waals surface area contributed by atoms with E-state index in [4.69, 9.17) is 4.74 Å². The molecule has 1 fully saturated rings. The van der Waals surface area contributed by atoms with Gasteiger partial charge in [-0.3, -0.25) is 9.59 Å². The maximum atomic E-state index is 12.5. The molecule has 1 aliphatic rings. The van der Waals surface area contributed by atoms with Crippen molar-refractivity contribution < 1.29 is 14.3 Å². The molecule has 0 radical (unpaired) electrons. The summed E-state index contributed by atoms with van der Waals surface area (Å²) in [7, 11) is 1.59. The van der Waals surface area contributed by atoms with Gasteiger partial charge in [-0.2, -0.15) is 0 Å². The first kappa shape index (κ1) is 19.2. The van der Waals surface area contributed by atoms with Gasteiger partial charge in [-0.05, 0) is 55.3 Å². The number of hydrogen-bond acceptors (Lipinski definition) is 3. The Kier molecular flexibility index (Phi) is 6.29. The van der Waals surface area contributed by atoms with Gasteiger partial charge in [0.15, 0.2) is 0 Å². The van der Waals surface area contributed by atoms with Gasteiger partial charge >= 0.3 is 0 Å². The standard InChI is InChI=1S/C21H21BrN2O3/c1-27-19-9-8-17(22)13-15(19)7-10-20(25)23-18-6-4-5-16(14-18)21(26)24-11-2-3-12-24/h4-10,13-14H,2-3,11-12H2,1H3,(H,23,25)/b10-7+. The molecule has 2 aromatic rings. The Morgan fingerprint density at radius 2 is 1.93 bits per heavy atom. The topological polar surface area (TPSA) is 58.6 Å². The molecule has 1 N–H and O–H groups in total. The molecular weight excluding hydrogens is 408 g/mol. The van der Waals surface area contributed by atoms with Gasteiger partial charge in [0.2, 0.25) is 5.91 Å². The lowest BCUT2D eigenvalue weighted by Crippen LogP contribution is -2.27. The predicted molar refractivity (Wildman–Crippen MR) is 110 cm³/mol. The van der Waals surface area contributed by atoms with Crippen molar-refractivity contribution in [2.45, 2.75) is 12.8 Å². The van der Waals surface area contributed by atoms with Crippen molar-refractivity contribution in [3.05, 3.63) is 64.1 Å². The van der Waals surface area contributed by atoms with Crippen LogP contribution in [0, 0.1) is 0 Å². The molecule has 1 heterocycles. The van der Waals surface area contributed by atoms with Gasteiger partial charge < -0.3 is 15.0 Å².